The van der Waals surface area contributed by atoms with Gasteiger partial charge in [-0.15, -0.1) is 0 Å². The van der Waals surface area contributed by atoms with E-state index in [4.69, 9.17) is 9.15 Å². The third-order valence-corrected chi connectivity index (χ3v) is 2.18. The first kappa shape index (κ1) is 13.1. The van der Waals surface area contributed by atoms with Gasteiger partial charge < -0.3 is 13.9 Å². The second-order valence-corrected chi connectivity index (χ2v) is 3.70. The summed E-state index contributed by atoms with van der Waals surface area (Å²) in [6.45, 7) is 7.49. The van der Waals surface area contributed by atoms with Gasteiger partial charge >= 0.3 is 5.97 Å². The second kappa shape index (κ2) is 5.39. The summed E-state index contributed by atoms with van der Waals surface area (Å²) in [4.78, 5) is 11.4. The van der Waals surface area contributed by atoms with Gasteiger partial charge in [0.05, 0.1) is 14.2 Å². The van der Waals surface area contributed by atoms with Gasteiger partial charge in [-0.05, 0) is 31.6 Å². The van der Waals surface area contributed by atoms with Gasteiger partial charge in [-0.2, -0.15) is 0 Å². The van der Waals surface area contributed by atoms with Gasteiger partial charge in [0.1, 0.15) is 11.2 Å². The number of allylic oxidation sites excluding steroid dienone is 1. The van der Waals surface area contributed by atoms with E-state index in [-0.39, 0.29) is 5.76 Å². The lowest BCUT2D eigenvalue weighted by atomic mass is 10.2. The summed E-state index contributed by atoms with van der Waals surface area (Å²) in [6.07, 6.45) is 1.71. The Balaban J connectivity index is 3.46. The Labute approximate surface area is 99.8 Å². The highest BCUT2D eigenvalue weighted by Crippen LogP contribution is 1.98. The summed E-state index contributed by atoms with van der Waals surface area (Å²) >= 11 is 0. The number of esters is 1. The predicted molar refractivity (Wildman–Crippen MR) is 64.7 cm³/mol. The molecule has 92 valence electrons. The molecule has 1 aromatic rings. The SMILES string of the molecule is C=C(/C=c1/cc(C(=O)OC)oc1=C(C)C)OC. The Kier molecular flexibility index (Phi) is 4.15. The Morgan fingerprint density at radius 3 is 2.47 bits per heavy atom. The maximum atomic E-state index is 11.4. The average Bonchev–Trinajstić information content (AvgIpc) is 2.71. The highest BCUT2D eigenvalue weighted by atomic mass is 16.5. The van der Waals surface area contributed by atoms with Crippen molar-refractivity contribution in [3.63, 3.8) is 0 Å². The van der Waals surface area contributed by atoms with E-state index < -0.39 is 5.97 Å². The number of carbonyl (C=O) groups is 1. The summed E-state index contributed by atoms with van der Waals surface area (Å²) in [5.74, 6) is 0.152. The molecule has 1 aromatic heterocycles. The Morgan fingerprint density at radius 2 is 2.00 bits per heavy atom. The van der Waals surface area contributed by atoms with Crippen molar-refractivity contribution >= 4 is 17.6 Å². The number of carbonyl (C=O) groups excluding carboxylic acids is 1. The van der Waals surface area contributed by atoms with E-state index in [9.17, 15) is 4.79 Å². The fourth-order valence-electron chi connectivity index (χ4n) is 1.34. The molecule has 0 amide bonds. The average molecular weight is 236 g/mol. The minimum absolute atomic E-state index is 0.166. The van der Waals surface area contributed by atoms with Crippen molar-refractivity contribution in [2.45, 2.75) is 13.8 Å². The van der Waals surface area contributed by atoms with E-state index in [2.05, 4.69) is 11.3 Å². The Bertz CT molecular complexity index is 544. The van der Waals surface area contributed by atoms with Crippen LogP contribution in [0.15, 0.2) is 22.8 Å². The fourth-order valence-corrected chi connectivity index (χ4v) is 1.34. The summed E-state index contributed by atoms with van der Waals surface area (Å²) in [5, 5.41) is 0.747. The van der Waals surface area contributed by atoms with Crippen LogP contribution in [0.2, 0.25) is 0 Å². The monoisotopic (exact) mass is 236 g/mol. The smallest absolute Gasteiger partial charge is 0.373 e. The van der Waals surface area contributed by atoms with Crippen LogP contribution in [0.3, 0.4) is 0 Å². The zero-order valence-corrected chi connectivity index (χ0v) is 10.5. The third-order valence-electron chi connectivity index (χ3n) is 2.18. The first-order valence-corrected chi connectivity index (χ1v) is 5.10. The molecule has 1 heterocycles. The lowest BCUT2D eigenvalue weighted by molar-refractivity contribution is 0.0563. The molecule has 0 saturated carbocycles. The quantitative estimate of drug-likeness (QED) is 0.584. The van der Waals surface area contributed by atoms with Crippen LogP contribution >= 0.6 is 0 Å². The van der Waals surface area contributed by atoms with Gasteiger partial charge in [0.15, 0.2) is 0 Å². The second-order valence-electron chi connectivity index (χ2n) is 3.70. The molecule has 0 aromatic carbocycles. The molecule has 1 rings (SSSR count). The summed E-state index contributed by atoms with van der Waals surface area (Å²) in [7, 11) is 2.84. The minimum atomic E-state index is -0.504. The molecule has 0 saturated heterocycles. The zero-order chi connectivity index (χ0) is 13.0. The maximum Gasteiger partial charge on any atom is 0.373 e. The largest absolute Gasteiger partial charge is 0.497 e. The molecule has 0 bridgehead atoms. The normalized spacial score (nSPS) is 11.2. The van der Waals surface area contributed by atoms with Crippen molar-refractivity contribution in [2.75, 3.05) is 14.2 Å². The standard InChI is InChI=1S/C13H16O4/c1-8(2)12-10(6-9(3)15-4)7-11(17-12)13(14)16-5/h6-7H,3H2,1-2,4-5H3/b10-6-. The van der Waals surface area contributed by atoms with Crippen molar-refractivity contribution in [1.82, 2.24) is 0 Å². The topological polar surface area (TPSA) is 48.7 Å². The lowest BCUT2D eigenvalue weighted by Gasteiger charge is -1.93. The van der Waals surface area contributed by atoms with E-state index in [1.807, 2.05) is 13.8 Å². The van der Waals surface area contributed by atoms with E-state index in [1.165, 1.54) is 14.2 Å². The van der Waals surface area contributed by atoms with Crippen LogP contribution in [0, 0.1) is 0 Å². The van der Waals surface area contributed by atoms with E-state index in [0.29, 0.717) is 11.2 Å². The maximum absolute atomic E-state index is 11.4. The number of rotatable bonds is 3. The molecule has 17 heavy (non-hydrogen) atoms. The van der Waals surface area contributed by atoms with Crippen LogP contribution in [0.25, 0.3) is 11.6 Å². The van der Waals surface area contributed by atoms with Crippen molar-refractivity contribution in [2.24, 2.45) is 0 Å². The molecule has 0 unspecified atom stereocenters. The van der Waals surface area contributed by atoms with Gasteiger partial charge in [-0.25, -0.2) is 4.79 Å². The van der Waals surface area contributed by atoms with Crippen LogP contribution in [0.4, 0.5) is 0 Å². The summed E-state index contributed by atoms with van der Waals surface area (Å²) < 4.78 is 15.0. The minimum Gasteiger partial charge on any atom is -0.497 e. The summed E-state index contributed by atoms with van der Waals surface area (Å²) in [6, 6.07) is 1.61. The van der Waals surface area contributed by atoms with Crippen LogP contribution in [0.1, 0.15) is 24.4 Å². The molecular formula is C13H16O4. The van der Waals surface area contributed by atoms with E-state index >= 15 is 0 Å². The van der Waals surface area contributed by atoms with Gasteiger partial charge in [-0.1, -0.05) is 6.58 Å². The molecule has 4 nitrogen and oxygen atoms in total. The fraction of sp³-hybridized carbons (Fsp3) is 0.308. The highest BCUT2D eigenvalue weighted by Gasteiger charge is 2.10. The molecule has 0 fully saturated rings. The molecule has 0 N–H and O–H groups in total. The molecule has 0 aliphatic carbocycles. The van der Waals surface area contributed by atoms with Gasteiger partial charge in [0.2, 0.25) is 5.76 Å². The first-order valence-electron chi connectivity index (χ1n) is 5.10. The molecular weight excluding hydrogens is 220 g/mol. The van der Waals surface area contributed by atoms with Gasteiger partial charge in [0.25, 0.3) is 0 Å². The van der Waals surface area contributed by atoms with Crippen LogP contribution < -0.4 is 10.6 Å². The number of hydrogen-bond acceptors (Lipinski definition) is 4. The van der Waals surface area contributed by atoms with Gasteiger partial charge in [0, 0.05) is 5.22 Å². The van der Waals surface area contributed by atoms with Gasteiger partial charge in [-0.3, -0.25) is 0 Å². The number of hydrogen-bond donors (Lipinski definition) is 0. The molecule has 0 aliphatic rings. The highest BCUT2D eigenvalue weighted by molar-refractivity contribution is 5.86. The molecule has 0 aliphatic heterocycles. The van der Waals surface area contributed by atoms with Crippen molar-refractivity contribution < 1.29 is 18.7 Å². The summed E-state index contributed by atoms with van der Waals surface area (Å²) in [5.41, 5.74) is 1.58. The molecule has 0 radical (unpaired) electrons. The van der Waals surface area contributed by atoms with Crippen molar-refractivity contribution in [1.29, 1.82) is 0 Å². The molecule has 4 heteroatoms. The first-order chi connectivity index (χ1) is 7.99. The molecule has 0 atom stereocenters. The van der Waals surface area contributed by atoms with E-state index in [1.54, 1.807) is 12.1 Å². The van der Waals surface area contributed by atoms with Crippen LogP contribution in [0.5, 0.6) is 0 Å². The predicted octanol–water partition coefficient (Wildman–Crippen LogP) is 1.20. The van der Waals surface area contributed by atoms with Crippen molar-refractivity contribution in [3.8, 4) is 0 Å². The third kappa shape index (κ3) is 3.00. The zero-order valence-electron chi connectivity index (χ0n) is 10.5. The van der Waals surface area contributed by atoms with E-state index in [0.717, 1.165) is 10.8 Å². The Hall–Kier alpha value is -1.97. The molecule has 0 spiro atoms. The number of furan rings is 1. The van der Waals surface area contributed by atoms with Crippen LogP contribution in [-0.2, 0) is 9.47 Å². The number of methoxy groups -OCH3 is 2. The lowest BCUT2D eigenvalue weighted by Crippen LogP contribution is -2.21. The van der Waals surface area contributed by atoms with Crippen molar-refractivity contribution in [3.05, 3.63) is 34.8 Å². The van der Waals surface area contributed by atoms with Crippen LogP contribution in [-0.4, -0.2) is 20.2 Å². The number of ether oxygens (including phenoxy) is 2. The Morgan fingerprint density at radius 1 is 1.35 bits per heavy atom.